The lowest BCUT2D eigenvalue weighted by Gasteiger charge is -2.32. The van der Waals surface area contributed by atoms with E-state index < -0.39 is 0 Å². The SMILES string of the molecule is CC(=O)N(Cc1ccccc1C)C[C@@H](Cc1c[nH]c2ccccc12)NC(=O)CN1CCC(c2c[nH]c3ccc(Nc4ccc(F)cc4)cc23)CC1. The molecule has 1 aliphatic heterocycles. The van der Waals surface area contributed by atoms with Crippen LogP contribution in [0.2, 0.25) is 0 Å². The molecule has 0 radical (unpaired) electrons. The van der Waals surface area contributed by atoms with Crippen molar-refractivity contribution >= 4 is 45.0 Å². The maximum Gasteiger partial charge on any atom is 0.234 e. The van der Waals surface area contributed by atoms with Crippen LogP contribution in [0.15, 0.2) is 103 Å². The highest BCUT2D eigenvalue weighted by Gasteiger charge is 2.26. The molecule has 1 aliphatic rings. The van der Waals surface area contributed by atoms with Crippen LogP contribution < -0.4 is 10.6 Å². The van der Waals surface area contributed by atoms with E-state index in [2.05, 4.69) is 75.0 Å². The molecule has 2 amide bonds. The Morgan fingerprint density at radius 1 is 0.863 bits per heavy atom. The third-order valence-electron chi connectivity index (χ3n) is 10.3. The smallest absolute Gasteiger partial charge is 0.234 e. The van der Waals surface area contributed by atoms with Crippen molar-refractivity contribution in [1.82, 2.24) is 25.1 Å². The standard InChI is InChI=1S/C42H45FN6O2/c1-28-7-3-4-8-31(28)25-49(29(2)50)26-36(21-32-23-44-40-10-6-5-9-37(32)40)47-42(51)27-48-19-17-30(18-20-48)39-24-45-41-16-15-35(22-38(39)41)46-34-13-11-33(43)12-14-34/h3-16,22-24,30,36,44-46H,17-21,25-27H2,1-2H3,(H,47,51)/t36-/m1/s1. The van der Waals surface area contributed by atoms with Crippen LogP contribution in [-0.4, -0.2) is 63.8 Å². The molecule has 7 rings (SSSR count). The first kappa shape index (κ1) is 34.1. The fourth-order valence-corrected chi connectivity index (χ4v) is 7.43. The number of halogens is 1. The number of rotatable bonds is 12. The Bertz CT molecular complexity index is 2130. The van der Waals surface area contributed by atoms with Gasteiger partial charge in [-0.1, -0.05) is 42.5 Å². The van der Waals surface area contributed by atoms with Gasteiger partial charge in [0.25, 0.3) is 0 Å². The van der Waals surface area contributed by atoms with Crippen LogP contribution in [0.3, 0.4) is 0 Å². The number of hydrogen-bond acceptors (Lipinski definition) is 4. The molecule has 8 nitrogen and oxygen atoms in total. The maximum atomic E-state index is 13.7. The Morgan fingerprint density at radius 3 is 2.35 bits per heavy atom. The first-order valence-corrected chi connectivity index (χ1v) is 17.8. The van der Waals surface area contributed by atoms with Crippen LogP contribution in [0.4, 0.5) is 15.8 Å². The quantitative estimate of drug-likeness (QED) is 0.106. The summed E-state index contributed by atoms with van der Waals surface area (Å²) in [6, 6.07) is 28.7. The van der Waals surface area contributed by atoms with Crippen molar-refractivity contribution < 1.29 is 14.0 Å². The van der Waals surface area contributed by atoms with Crippen molar-refractivity contribution in [2.45, 2.75) is 51.6 Å². The Balaban J connectivity index is 1.00. The first-order chi connectivity index (χ1) is 24.8. The molecule has 0 saturated carbocycles. The zero-order valence-corrected chi connectivity index (χ0v) is 29.2. The van der Waals surface area contributed by atoms with Crippen LogP contribution in [0.1, 0.15) is 47.9 Å². The molecule has 3 heterocycles. The number of carbonyl (C=O) groups excluding carboxylic acids is 2. The van der Waals surface area contributed by atoms with E-state index in [1.807, 2.05) is 41.4 Å². The van der Waals surface area contributed by atoms with Crippen molar-refractivity contribution in [3.05, 3.63) is 131 Å². The number of hydrogen-bond donors (Lipinski definition) is 4. The number of piperidine rings is 1. The van der Waals surface area contributed by atoms with Crippen LogP contribution in [-0.2, 0) is 22.6 Å². The van der Waals surface area contributed by atoms with Crippen LogP contribution >= 0.6 is 0 Å². The Hall–Kier alpha value is -5.41. The number of carbonyl (C=O) groups is 2. The average Bonchev–Trinajstić information content (AvgIpc) is 3.74. The summed E-state index contributed by atoms with van der Waals surface area (Å²) < 4.78 is 13.4. The summed E-state index contributed by atoms with van der Waals surface area (Å²) in [5.41, 5.74) is 8.57. The predicted octanol–water partition coefficient (Wildman–Crippen LogP) is 7.80. The number of anilines is 2. The van der Waals surface area contributed by atoms with Gasteiger partial charge >= 0.3 is 0 Å². The number of H-pyrrole nitrogens is 2. The maximum absolute atomic E-state index is 13.7. The van der Waals surface area contributed by atoms with Gasteiger partial charge in [-0.05, 0) is 116 Å². The number of aromatic amines is 2. The van der Waals surface area contributed by atoms with E-state index >= 15 is 0 Å². The Labute approximate surface area is 298 Å². The summed E-state index contributed by atoms with van der Waals surface area (Å²) in [6.07, 6.45) is 6.63. The molecule has 2 aromatic heterocycles. The molecule has 1 saturated heterocycles. The van der Waals surface area contributed by atoms with Gasteiger partial charge in [0.2, 0.25) is 11.8 Å². The first-order valence-electron chi connectivity index (χ1n) is 17.8. The highest BCUT2D eigenvalue weighted by Crippen LogP contribution is 2.35. The summed E-state index contributed by atoms with van der Waals surface area (Å²) in [7, 11) is 0. The number of benzene rings is 4. The van der Waals surface area contributed by atoms with Gasteiger partial charge < -0.3 is 25.5 Å². The molecule has 262 valence electrons. The summed E-state index contributed by atoms with van der Waals surface area (Å²) in [5, 5.41) is 9.02. The van der Waals surface area contributed by atoms with Crippen LogP contribution in [0, 0.1) is 12.7 Å². The topological polar surface area (TPSA) is 96.3 Å². The molecule has 0 spiro atoms. The minimum atomic E-state index is -0.258. The van der Waals surface area contributed by atoms with E-state index in [1.54, 1.807) is 19.1 Å². The minimum absolute atomic E-state index is 0.0193. The fraction of sp³-hybridized carbons (Fsp3) is 0.286. The lowest BCUT2D eigenvalue weighted by atomic mass is 9.89. The van der Waals surface area contributed by atoms with Gasteiger partial charge in [-0.15, -0.1) is 0 Å². The van der Waals surface area contributed by atoms with E-state index in [0.717, 1.165) is 70.4 Å². The van der Waals surface area contributed by atoms with E-state index in [4.69, 9.17) is 0 Å². The molecular weight excluding hydrogens is 640 g/mol. The summed E-state index contributed by atoms with van der Waals surface area (Å²) in [6.45, 7) is 6.52. The zero-order chi connectivity index (χ0) is 35.3. The predicted molar refractivity (Wildman–Crippen MR) is 203 cm³/mol. The van der Waals surface area contributed by atoms with E-state index in [-0.39, 0.29) is 23.7 Å². The number of aryl methyl sites for hydroxylation is 1. The molecule has 1 atom stereocenters. The second-order valence-electron chi connectivity index (χ2n) is 13.8. The third kappa shape index (κ3) is 8.15. The second kappa shape index (κ2) is 15.2. The highest BCUT2D eigenvalue weighted by atomic mass is 19.1. The Morgan fingerprint density at radius 2 is 1.57 bits per heavy atom. The van der Waals surface area contributed by atoms with Gasteiger partial charge in [-0.2, -0.15) is 0 Å². The molecule has 4 aromatic carbocycles. The zero-order valence-electron chi connectivity index (χ0n) is 29.2. The normalized spacial score (nSPS) is 14.5. The van der Waals surface area contributed by atoms with Crippen LogP contribution in [0.5, 0.6) is 0 Å². The Kier molecular flexibility index (Phi) is 10.2. The van der Waals surface area contributed by atoms with Crippen molar-refractivity contribution in [2.75, 3.05) is 31.5 Å². The van der Waals surface area contributed by atoms with Gasteiger partial charge in [0.1, 0.15) is 5.82 Å². The second-order valence-corrected chi connectivity index (χ2v) is 13.8. The van der Waals surface area contributed by atoms with Crippen LogP contribution in [0.25, 0.3) is 21.8 Å². The summed E-state index contributed by atoms with van der Waals surface area (Å²) in [5.74, 6) is 0.0706. The molecular formula is C42H45FN6O2. The molecule has 1 fully saturated rings. The van der Waals surface area contributed by atoms with Gasteiger partial charge in [0.05, 0.1) is 12.6 Å². The minimum Gasteiger partial charge on any atom is -0.361 e. The molecule has 4 N–H and O–H groups in total. The number of para-hydroxylation sites is 1. The fourth-order valence-electron chi connectivity index (χ4n) is 7.43. The number of likely N-dealkylation sites (tertiary alicyclic amines) is 1. The van der Waals surface area contributed by atoms with Gasteiger partial charge in [-0.3, -0.25) is 14.5 Å². The summed E-state index contributed by atoms with van der Waals surface area (Å²) in [4.78, 5) is 37.5. The van der Waals surface area contributed by atoms with E-state index in [0.29, 0.717) is 32.0 Å². The number of amides is 2. The largest absolute Gasteiger partial charge is 0.361 e. The number of aromatic nitrogens is 2. The summed E-state index contributed by atoms with van der Waals surface area (Å²) >= 11 is 0. The molecule has 9 heteroatoms. The van der Waals surface area contributed by atoms with Crippen molar-refractivity contribution in [3.8, 4) is 0 Å². The van der Waals surface area contributed by atoms with E-state index in [9.17, 15) is 14.0 Å². The van der Waals surface area contributed by atoms with Gasteiger partial charge in [-0.25, -0.2) is 4.39 Å². The van der Waals surface area contributed by atoms with Gasteiger partial charge in [0.15, 0.2) is 0 Å². The third-order valence-corrected chi connectivity index (χ3v) is 10.3. The van der Waals surface area contributed by atoms with Crippen molar-refractivity contribution in [3.63, 3.8) is 0 Å². The monoisotopic (exact) mass is 684 g/mol. The molecule has 0 unspecified atom stereocenters. The van der Waals surface area contributed by atoms with Crippen molar-refractivity contribution in [2.24, 2.45) is 0 Å². The molecule has 0 aliphatic carbocycles. The highest BCUT2D eigenvalue weighted by molar-refractivity contribution is 5.88. The van der Waals surface area contributed by atoms with E-state index in [1.165, 1.54) is 23.1 Å². The molecule has 6 aromatic rings. The molecule has 0 bridgehead atoms. The number of fused-ring (bicyclic) bond motifs is 2. The lowest BCUT2D eigenvalue weighted by molar-refractivity contribution is -0.131. The lowest BCUT2D eigenvalue weighted by Crippen LogP contribution is -2.49. The van der Waals surface area contributed by atoms with Crippen molar-refractivity contribution in [1.29, 1.82) is 0 Å². The molecule has 51 heavy (non-hydrogen) atoms. The van der Waals surface area contributed by atoms with Gasteiger partial charge in [0, 0.05) is 65.6 Å². The number of nitrogens with zero attached hydrogens (tertiary/aromatic N) is 2. The number of nitrogens with one attached hydrogen (secondary N) is 4. The average molecular weight is 685 g/mol.